The molecule has 0 heterocycles. The molecule has 24 heavy (non-hydrogen) atoms. The van der Waals surface area contributed by atoms with E-state index in [0.29, 0.717) is 12.8 Å². The number of hydrogen-bond donors (Lipinski definition) is 3. The standard InChI is InChI=1S/C20H34O4/c1-2-3-10-13-18(21)16-17-19(22)14-11-8-6-4-5-7-9-12-15-20(23)24/h5-8,16-19,21-22H,2-4,9-15H2,1H3,(H,23,24). The molecule has 0 bridgehead atoms. The van der Waals surface area contributed by atoms with Gasteiger partial charge in [0.05, 0.1) is 12.2 Å². The van der Waals surface area contributed by atoms with Gasteiger partial charge in [0.2, 0.25) is 0 Å². The molecule has 0 amide bonds. The van der Waals surface area contributed by atoms with Crippen LogP contribution in [0, 0.1) is 0 Å². The summed E-state index contributed by atoms with van der Waals surface area (Å²) in [6.45, 7) is 2.13. The van der Waals surface area contributed by atoms with E-state index in [9.17, 15) is 15.0 Å². The zero-order chi connectivity index (χ0) is 18.0. The monoisotopic (exact) mass is 338 g/mol. The maximum atomic E-state index is 10.3. The van der Waals surface area contributed by atoms with Gasteiger partial charge < -0.3 is 15.3 Å². The number of rotatable bonds is 15. The summed E-state index contributed by atoms with van der Waals surface area (Å²) >= 11 is 0. The molecule has 4 nitrogen and oxygen atoms in total. The van der Waals surface area contributed by atoms with Gasteiger partial charge in [-0.2, -0.15) is 0 Å². The van der Waals surface area contributed by atoms with Crippen molar-refractivity contribution in [3.8, 4) is 0 Å². The van der Waals surface area contributed by atoms with Crippen molar-refractivity contribution in [3.05, 3.63) is 36.5 Å². The van der Waals surface area contributed by atoms with Crippen molar-refractivity contribution < 1.29 is 20.1 Å². The van der Waals surface area contributed by atoms with Crippen molar-refractivity contribution in [2.75, 3.05) is 0 Å². The van der Waals surface area contributed by atoms with Gasteiger partial charge in [-0.15, -0.1) is 0 Å². The number of unbranched alkanes of at least 4 members (excludes halogenated alkanes) is 3. The average Bonchev–Trinajstić information content (AvgIpc) is 2.54. The molecule has 0 aromatic heterocycles. The molecule has 0 aromatic rings. The smallest absolute Gasteiger partial charge is 0.303 e. The first kappa shape index (κ1) is 22.6. The molecule has 138 valence electrons. The summed E-state index contributed by atoms with van der Waals surface area (Å²) in [6.07, 6.45) is 18.6. The fourth-order valence-electron chi connectivity index (χ4n) is 2.20. The minimum absolute atomic E-state index is 0.221. The van der Waals surface area contributed by atoms with E-state index in [1.807, 2.05) is 24.3 Å². The lowest BCUT2D eigenvalue weighted by atomic mass is 10.1. The van der Waals surface area contributed by atoms with Crippen LogP contribution in [0.25, 0.3) is 0 Å². The summed E-state index contributed by atoms with van der Waals surface area (Å²) in [5, 5.41) is 28.1. The van der Waals surface area contributed by atoms with E-state index in [-0.39, 0.29) is 6.42 Å². The second kappa shape index (κ2) is 16.5. The molecule has 0 aromatic carbocycles. The molecule has 0 aliphatic rings. The summed E-state index contributed by atoms with van der Waals surface area (Å²) in [5.41, 5.74) is 0. The van der Waals surface area contributed by atoms with Crippen LogP contribution in [-0.4, -0.2) is 33.5 Å². The SMILES string of the molecule is CCCCCC(O)C=CC(O)CCC=CCC=CCCCC(=O)O. The number of carboxylic acid groups (broad SMARTS) is 1. The Labute approximate surface area is 146 Å². The summed E-state index contributed by atoms with van der Waals surface area (Å²) in [5.74, 6) is -0.746. The lowest BCUT2D eigenvalue weighted by Crippen LogP contribution is -2.06. The van der Waals surface area contributed by atoms with Crippen molar-refractivity contribution in [3.63, 3.8) is 0 Å². The number of hydrogen-bond acceptors (Lipinski definition) is 3. The normalized spacial score (nSPS) is 14.8. The third-order valence-electron chi connectivity index (χ3n) is 3.65. The second-order valence-electron chi connectivity index (χ2n) is 6.06. The zero-order valence-corrected chi connectivity index (χ0v) is 14.9. The Morgan fingerprint density at radius 1 is 0.875 bits per heavy atom. The number of aliphatic carboxylic acids is 1. The first-order valence-corrected chi connectivity index (χ1v) is 9.12. The highest BCUT2D eigenvalue weighted by Gasteiger charge is 2.01. The Balaban J connectivity index is 3.63. The van der Waals surface area contributed by atoms with Gasteiger partial charge in [-0.3, -0.25) is 4.79 Å². The lowest BCUT2D eigenvalue weighted by molar-refractivity contribution is -0.137. The molecule has 0 saturated heterocycles. The Kier molecular flexibility index (Phi) is 15.5. The van der Waals surface area contributed by atoms with Gasteiger partial charge in [-0.25, -0.2) is 0 Å². The lowest BCUT2D eigenvalue weighted by Gasteiger charge is -2.06. The van der Waals surface area contributed by atoms with Gasteiger partial charge in [0.25, 0.3) is 0 Å². The van der Waals surface area contributed by atoms with Crippen LogP contribution in [0.1, 0.15) is 71.1 Å². The van der Waals surface area contributed by atoms with E-state index in [2.05, 4.69) is 6.92 Å². The number of allylic oxidation sites excluding steroid dienone is 4. The highest BCUT2D eigenvalue weighted by Crippen LogP contribution is 2.07. The van der Waals surface area contributed by atoms with Crippen LogP contribution in [0.3, 0.4) is 0 Å². The van der Waals surface area contributed by atoms with Crippen LogP contribution >= 0.6 is 0 Å². The van der Waals surface area contributed by atoms with Gasteiger partial charge in [0, 0.05) is 6.42 Å². The summed E-state index contributed by atoms with van der Waals surface area (Å²) < 4.78 is 0. The van der Waals surface area contributed by atoms with E-state index < -0.39 is 18.2 Å². The Morgan fingerprint density at radius 2 is 1.50 bits per heavy atom. The maximum absolute atomic E-state index is 10.3. The molecule has 0 aliphatic carbocycles. The third kappa shape index (κ3) is 17.0. The predicted molar refractivity (Wildman–Crippen MR) is 98.9 cm³/mol. The van der Waals surface area contributed by atoms with Crippen LogP contribution < -0.4 is 0 Å². The van der Waals surface area contributed by atoms with Crippen molar-refractivity contribution in [2.45, 2.75) is 83.3 Å². The minimum atomic E-state index is -0.746. The van der Waals surface area contributed by atoms with Crippen molar-refractivity contribution in [1.29, 1.82) is 0 Å². The molecule has 3 N–H and O–H groups in total. The van der Waals surface area contributed by atoms with Gasteiger partial charge in [0.15, 0.2) is 0 Å². The Bertz CT molecular complexity index is 385. The number of aliphatic hydroxyl groups is 2. The van der Waals surface area contributed by atoms with E-state index in [4.69, 9.17) is 5.11 Å². The van der Waals surface area contributed by atoms with E-state index in [1.54, 1.807) is 12.2 Å². The quantitative estimate of drug-likeness (QED) is 0.306. The van der Waals surface area contributed by atoms with Gasteiger partial charge >= 0.3 is 5.97 Å². The van der Waals surface area contributed by atoms with Crippen LogP contribution in [-0.2, 0) is 4.79 Å². The summed E-state index contributed by atoms with van der Waals surface area (Å²) in [7, 11) is 0. The summed E-state index contributed by atoms with van der Waals surface area (Å²) in [6, 6.07) is 0. The molecule has 0 fully saturated rings. The van der Waals surface area contributed by atoms with E-state index in [1.165, 1.54) is 0 Å². The first-order valence-electron chi connectivity index (χ1n) is 9.12. The van der Waals surface area contributed by atoms with Crippen molar-refractivity contribution in [1.82, 2.24) is 0 Å². The van der Waals surface area contributed by atoms with Gasteiger partial charge in [0.1, 0.15) is 0 Å². The van der Waals surface area contributed by atoms with Crippen molar-refractivity contribution >= 4 is 5.97 Å². The first-order chi connectivity index (χ1) is 11.6. The molecule has 0 rings (SSSR count). The average molecular weight is 338 g/mol. The topological polar surface area (TPSA) is 77.8 Å². The van der Waals surface area contributed by atoms with E-state index >= 15 is 0 Å². The molecule has 4 heteroatoms. The fourth-order valence-corrected chi connectivity index (χ4v) is 2.20. The van der Waals surface area contributed by atoms with Crippen LogP contribution in [0.4, 0.5) is 0 Å². The second-order valence-corrected chi connectivity index (χ2v) is 6.06. The molecule has 0 saturated carbocycles. The zero-order valence-electron chi connectivity index (χ0n) is 14.9. The van der Waals surface area contributed by atoms with Crippen LogP contribution in [0.5, 0.6) is 0 Å². The van der Waals surface area contributed by atoms with E-state index in [0.717, 1.165) is 44.9 Å². The number of carboxylic acids is 1. The molecular weight excluding hydrogens is 304 g/mol. The highest BCUT2D eigenvalue weighted by molar-refractivity contribution is 5.66. The Morgan fingerprint density at radius 3 is 2.12 bits per heavy atom. The van der Waals surface area contributed by atoms with Gasteiger partial charge in [-0.1, -0.05) is 62.6 Å². The highest BCUT2D eigenvalue weighted by atomic mass is 16.4. The number of aliphatic hydroxyl groups excluding tert-OH is 2. The fraction of sp³-hybridized carbons (Fsp3) is 0.650. The Hall–Kier alpha value is -1.39. The van der Waals surface area contributed by atoms with Crippen LogP contribution in [0.2, 0.25) is 0 Å². The number of carbonyl (C=O) groups is 1. The molecular formula is C20H34O4. The maximum Gasteiger partial charge on any atom is 0.303 e. The van der Waals surface area contributed by atoms with Crippen LogP contribution in [0.15, 0.2) is 36.5 Å². The van der Waals surface area contributed by atoms with Gasteiger partial charge in [-0.05, 0) is 38.5 Å². The molecule has 0 radical (unpaired) electrons. The minimum Gasteiger partial charge on any atom is -0.481 e. The predicted octanol–water partition coefficient (Wildman–Crippen LogP) is 4.38. The molecule has 2 unspecified atom stereocenters. The molecule has 0 spiro atoms. The largest absolute Gasteiger partial charge is 0.481 e. The van der Waals surface area contributed by atoms with Crippen molar-refractivity contribution in [2.24, 2.45) is 0 Å². The third-order valence-corrected chi connectivity index (χ3v) is 3.65. The molecule has 2 atom stereocenters. The molecule has 0 aliphatic heterocycles. The summed E-state index contributed by atoms with van der Waals surface area (Å²) in [4.78, 5) is 10.3.